The lowest BCUT2D eigenvalue weighted by molar-refractivity contribution is -0.137. The van der Waals surface area contributed by atoms with Gasteiger partial charge in [0.15, 0.2) is 0 Å². The van der Waals surface area contributed by atoms with Crippen LogP contribution < -0.4 is 10.3 Å². The van der Waals surface area contributed by atoms with E-state index in [1.165, 1.54) is 5.56 Å². The Kier molecular flexibility index (Phi) is 8.04. The van der Waals surface area contributed by atoms with Gasteiger partial charge in [0.1, 0.15) is 0 Å². The Bertz CT molecular complexity index is 928. The van der Waals surface area contributed by atoms with E-state index in [1.807, 2.05) is 18.2 Å². The third-order valence-electron chi connectivity index (χ3n) is 5.58. The van der Waals surface area contributed by atoms with Crippen LogP contribution in [0.5, 0.6) is 0 Å². The van der Waals surface area contributed by atoms with Crippen LogP contribution in [0.2, 0.25) is 0 Å². The second-order valence-corrected chi connectivity index (χ2v) is 8.37. The molecule has 1 heterocycles. The van der Waals surface area contributed by atoms with Crippen LogP contribution in [0.25, 0.3) is 0 Å². The lowest BCUT2D eigenvalue weighted by Gasteiger charge is -2.30. The van der Waals surface area contributed by atoms with Crippen molar-refractivity contribution in [1.82, 2.24) is 9.29 Å². The van der Waals surface area contributed by atoms with Crippen molar-refractivity contribution in [1.29, 1.82) is 0 Å². The first kappa shape index (κ1) is 23.6. The Morgan fingerprint density at radius 1 is 1.16 bits per heavy atom. The average Bonchev–Trinajstić information content (AvgIpc) is 2.74. The zero-order valence-corrected chi connectivity index (χ0v) is 17.5. The van der Waals surface area contributed by atoms with Crippen LogP contribution in [0.4, 0.5) is 13.2 Å². The van der Waals surface area contributed by atoms with E-state index >= 15 is 0 Å². The summed E-state index contributed by atoms with van der Waals surface area (Å²) in [6, 6.07) is 10.7. The topological polar surface area (TPSA) is 83.4 Å². The number of nitrogens with one attached hydrogen (secondary N) is 1. The second kappa shape index (κ2) is 10.5. The van der Waals surface area contributed by atoms with Gasteiger partial charge in [0.25, 0.3) is 5.56 Å². The van der Waals surface area contributed by atoms with Crippen molar-refractivity contribution in [2.75, 3.05) is 13.2 Å². The van der Waals surface area contributed by atoms with Gasteiger partial charge in [-0.3, -0.25) is 9.00 Å². The van der Waals surface area contributed by atoms with Crippen LogP contribution in [0.15, 0.2) is 53.5 Å². The summed E-state index contributed by atoms with van der Waals surface area (Å²) in [6.07, 6.45) is -0.128. The summed E-state index contributed by atoms with van der Waals surface area (Å²) in [4.78, 5) is 12.2. The highest BCUT2D eigenvalue weighted by Gasteiger charge is 2.31. The third kappa shape index (κ3) is 6.73. The summed E-state index contributed by atoms with van der Waals surface area (Å²) in [5.74, 6) is 0.457. The van der Waals surface area contributed by atoms with E-state index < -0.39 is 34.6 Å². The molecule has 0 aliphatic heterocycles. The maximum Gasteiger partial charge on any atom is 0.416 e. The minimum absolute atomic E-state index is 0.0101. The average molecular weight is 457 g/mol. The van der Waals surface area contributed by atoms with Gasteiger partial charge in [0.05, 0.1) is 24.3 Å². The van der Waals surface area contributed by atoms with Crippen LogP contribution >= 0.6 is 0 Å². The molecule has 0 bridgehead atoms. The van der Waals surface area contributed by atoms with Crippen LogP contribution in [0, 0.1) is 0 Å². The van der Waals surface area contributed by atoms with Gasteiger partial charge in [0.2, 0.25) is 0 Å². The Morgan fingerprint density at radius 3 is 2.42 bits per heavy atom. The van der Waals surface area contributed by atoms with E-state index in [4.69, 9.17) is 4.74 Å². The largest absolute Gasteiger partial charge is 0.760 e. The summed E-state index contributed by atoms with van der Waals surface area (Å²) >= 11 is -2.57. The van der Waals surface area contributed by atoms with E-state index in [2.05, 4.69) is 16.9 Å². The molecule has 1 aromatic carbocycles. The van der Waals surface area contributed by atoms with Gasteiger partial charge in [-0.05, 0) is 43.2 Å². The summed E-state index contributed by atoms with van der Waals surface area (Å²) in [7, 11) is 0. The fourth-order valence-corrected chi connectivity index (χ4v) is 4.23. The molecule has 10 heteroatoms. The smallest absolute Gasteiger partial charge is 0.416 e. The SMILES string of the molecule is O=c1cc(C(F)(F)F)ccn1C(CNS(=O)[O-])COC1CCC(c2ccccc2)CC1. The number of hydrogen-bond acceptors (Lipinski definition) is 4. The molecule has 1 aliphatic rings. The van der Waals surface area contributed by atoms with Gasteiger partial charge in [0, 0.05) is 30.1 Å². The number of halogens is 3. The fourth-order valence-electron chi connectivity index (χ4n) is 3.90. The Morgan fingerprint density at radius 2 is 1.84 bits per heavy atom. The molecule has 0 spiro atoms. The number of alkyl halides is 3. The van der Waals surface area contributed by atoms with Crippen molar-refractivity contribution in [2.24, 2.45) is 0 Å². The van der Waals surface area contributed by atoms with Gasteiger partial charge in [-0.15, -0.1) is 0 Å². The molecule has 1 aliphatic carbocycles. The number of nitrogens with zero attached hydrogens (tertiary/aromatic N) is 1. The first-order chi connectivity index (χ1) is 14.7. The molecule has 1 fully saturated rings. The van der Waals surface area contributed by atoms with E-state index in [0.29, 0.717) is 12.0 Å². The van der Waals surface area contributed by atoms with Crippen molar-refractivity contribution in [3.63, 3.8) is 0 Å². The second-order valence-electron chi connectivity index (χ2n) is 7.61. The summed E-state index contributed by atoms with van der Waals surface area (Å²) < 4.78 is 69.5. The van der Waals surface area contributed by atoms with Gasteiger partial charge < -0.3 is 13.9 Å². The predicted octanol–water partition coefficient (Wildman–Crippen LogP) is 3.53. The van der Waals surface area contributed by atoms with Crippen molar-refractivity contribution in [2.45, 2.75) is 49.9 Å². The number of pyridine rings is 1. The Labute approximate surface area is 180 Å². The monoisotopic (exact) mass is 457 g/mol. The van der Waals surface area contributed by atoms with Crippen molar-refractivity contribution >= 4 is 11.3 Å². The molecular formula is C21H24F3N2O4S-. The Balaban J connectivity index is 1.63. The molecule has 2 unspecified atom stereocenters. The van der Waals surface area contributed by atoms with Crippen molar-refractivity contribution in [3.05, 3.63) is 70.1 Å². The molecular weight excluding hydrogens is 433 g/mol. The molecule has 2 atom stereocenters. The summed E-state index contributed by atoms with van der Waals surface area (Å²) in [5.41, 5.74) is -0.625. The molecule has 0 amide bonds. The van der Waals surface area contributed by atoms with Gasteiger partial charge in [-0.2, -0.15) is 13.2 Å². The van der Waals surface area contributed by atoms with Crippen molar-refractivity contribution in [3.8, 4) is 0 Å². The highest BCUT2D eigenvalue weighted by atomic mass is 32.2. The van der Waals surface area contributed by atoms with E-state index in [0.717, 1.165) is 42.5 Å². The number of benzene rings is 1. The van der Waals surface area contributed by atoms with Gasteiger partial charge >= 0.3 is 6.18 Å². The lowest BCUT2D eigenvalue weighted by Crippen LogP contribution is -2.36. The molecule has 1 aromatic heterocycles. The first-order valence-electron chi connectivity index (χ1n) is 10.0. The zero-order valence-electron chi connectivity index (χ0n) is 16.7. The molecule has 6 nitrogen and oxygen atoms in total. The summed E-state index contributed by atoms with van der Waals surface area (Å²) in [5, 5.41) is 0. The highest BCUT2D eigenvalue weighted by Crippen LogP contribution is 2.34. The molecule has 1 N–H and O–H groups in total. The predicted molar refractivity (Wildman–Crippen MR) is 109 cm³/mol. The molecule has 3 rings (SSSR count). The molecule has 31 heavy (non-hydrogen) atoms. The number of ether oxygens (including phenoxy) is 1. The van der Waals surface area contributed by atoms with Gasteiger partial charge in [-0.25, -0.2) is 4.72 Å². The fraction of sp³-hybridized carbons (Fsp3) is 0.476. The molecule has 170 valence electrons. The van der Waals surface area contributed by atoms with E-state index in [1.54, 1.807) is 0 Å². The minimum atomic E-state index is -4.63. The lowest BCUT2D eigenvalue weighted by atomic mass is 9.83. The maximum absolute atomic E-state index is 12.8. The van der Waals surface area contributed by atoms with E-state index in [9.17, 15) is 26.7 Å². The number of hydrogen-bond donors (Lipinski definition) is 1. The standard InChI is InChI=1S/C21H25F3N2O4S/c22-21(23,24)17-10-11-26(20(27)12-17)18(13-25-31(28)29)14-30-19-8-6-16(7-9-19)15-4-2-1-3-5-15/h1-5,10-12,16,18-19,25H,6-9,13-14H2,(H,28,29)/p-1. The number of rotatable bonds is 8. The quantitative estimate of drug-likeness (QED) is 0.615. The van der Waals surface area contributed by atoms with Crippen LogP contribution in [-0.4, -0.2) is 32.6 Å². The molecule has 1 saturated carbocycles. The van der Waals surface area contributed by atoms with Crippen LogP contribution in [0.1, 0.15) is 48.8 Å². The van der Waals surface area contributed by atoms with Gasteiger partial charge in [-0.1, -0.05) is 30.3 Å². The Hall–Kier alpha value is -2.01. The van der Waals surface area contributed by atoms with Crippen molar-refractivity contribution < 1.29 is 26.7 Å². The van der Waals surface area contributed by atoms with Crippen LogP contribution in [-0.2, 0) is 22.2 Å². The number of aromatic nitrogens is 1. The summed E-state index contributed by atoms with van der Waals surface area (Å²) in [6.45, 7) is -0.156. The third-order valence-corrected chi connectivity index (χ3v) is 5.98. The first-order valence-corrected chi connectivity index (χ1v) is 11.1. The highest BCUT2D eigenvalue weighted by molar-refractivity contribution is 7.77. The normalized spacial score (nSPS) is 21.5. The minimum Gasteiger partial charge on any atom is -0.760 e. The maximum atomic E-state index is 12.8. The van der Waals surface area contributed by atoms with E-state index in [-0.39, 0.29) is 19.3 Å². The van der Waals surface area contributed by atoms with Crippen LogP contribution in [0.3, 0.4) is 0 Å². The zero-order chi connectivity index (χ0) is 22.4. The molecule has 0 saturated heterocycles. The molecule has 2 aromatic rings. The molecule has 0 radical (unpaired) electrons.